The van der Waals surface area contributed by atoms with Crippen LogP contribution in [0.2, 0.25) is 0 Å². The Labute approximate surface area is 127 Å². The van der Waals surface area contributed by atoms with Crippen LogP contribution < -0.4 is 10.1 Å². The predicted molar refractivity (Wildman–Crippen MR) is 85.4 cm³/mol. The van der Waals surface area contributed by atoms with E-state index in [0.717, 1.165) is 29.6 Å². The van der Waals surface area contributed by atoms with Crippen LogP contribution in [0.15, 0.2) is 48.6 Å². The lowest BCUT2D eigenvalue weighted by atomic mass is 10.1. The molecule has 20 heavy (non-hydrogen) atoms. The molecule has 0 saturated heterocycles. The highest BCUT2D eigenvalue weighted by Crippen LogP contribution is 2.19. The molecule has 0 aliphatic heterocycles. The number of carbonyl (C=O) groups is 1. The van der Waals surface area contributed by atoms with Crippen LogP contribution in [0.25, 0.3) is 0 Å². The van der Waals surface area contributed by atoms with Crippen molar-refractivity contribution in [1.29, 1.82) is 0 Å². The van der Waals surface area contributed by atoms with E-state index in [1.807, 2.05) is 42.5 Å². The summed E-state index contributed by atoms with van der Waals surface area (Å²) in [6.45, 7) is 0. The van der Waals surface area contributed by atoms with Gasteiger partial charge in [-0.1, -0.05) is 34.2 Å². The van der Waals surface area contributed by atoms with Crippen LogP contribution in [0.3, 0.4) is 0 Å². The van der Waals surface area contributed by atoms with E-state index in [1.165, 1.54) is 0 Å². The number of amides is 1. The number of rotatable bonds is 6. The first-order valence-electron chi connectivity index (χ1n) is 6.74. The smallest absolute Gasteiger partial charge is 0.224 e. The molecule has 0 aromatic heterocycles. The van der Waals surface area contributed by atoms with E-state index in [-0.39, 0.29) is 12.0 Å². The van der Waals surface area contributed by atoms with Gasteiger partial charge in [-0.2, -0.15) is 0 Å². The molecule has 0 saturated carbocycles. The summed E-state index contributed by atoms with van der Waals surface area (Å²) in [6, 6.07) is 7.49. The highest BCUT2D eigenvalue weighted by molar-refractivity contribution is 9.09. The first-order chi connectivity index (χ1) is 9.78. The van der Waals surface area contributed by atoms with Crippen molar-refractivity contribution in [2.75, 3.05) is 10.6 Å². The van der Waals surface area contributed by atoms with Gasteiger partial charge in [0.1, 0.15) is 11.9 Å². The zero-order valence-electron chi connectivity index (χ0n) is 11.2. The summed E-state index contributed by atoms with van der Waals surface area (Å²) in [5.74, 6) is 0.854. The molecule has 1 aromatic rings. The van der Waals surface area contributed by atoms with Gasteiger partial charge in [0.15, 0.2) is 0 Å². The van der Waals surface area contributed by atoms with E-state index in [2.05, 4.69) is 27.3 Å². The van der Waals surface area contributed by atoms with Crippen molar-refractivity contribution in [3.8, 4) is 5.75 Å². The molecule has 0 fully saturated rings. The van der Waals surface area contributed by atoms with Crippen LogP contribution in [-0.2, 0) is 4.79 Å². The van der Waals surface area contributed by atoms with Crippen molar-refractivity contribution in [2.24, 2.45) is 0 Å². The second-order valence-corrected chi connectivity index (χ2v) is 5.36. The summed E-state index contributed by atoms with van der Waals surface area (Å²) in [7, 11) is 0. The lowest BCUT2D eigenvalue weighted by Gasteiger charge is -2.16. The maximum Gasteiger partial charge on any atom is 0.224 e. The van der Waals surface area contributed by atoms with Gasteiger partial charge in [-0.05, 0) is 36.8 Å². The van der Waals surface area contributed by atoms with Gasteiger partial charge in [0.25, 0.3) is 0 Å². The molecule has 1 amide bonds. The zero-order chi connectivity index (χ0) is 14.2. The maximum absolute atomic E-state index is 11.6. The Morgan fingerprint density at radius 2 is 2.10 bits per heavy atom. The topological polar surface area (TPSA) is 38.3 Å². The molecule has 0 bridgehead atoms. The summed E-state index contributed by atoms with van der Waals surface area (Å²) in [5.41, 5.74) is 0.802. The first kappa shape index (κ1) is 14.9. The third-order valence-corrected chi connectivity index (χ3v) is 3.47. The van der Waals surface area contributed by atoms with Crippen molar-refractivity contribution >= 4 is 27.5 Å². The average Bonchev–Trinajstić information content (AvgIpc) is 2.48. The molecule has 0 radical (unpaired) electrons. The monoisotopic (exact) mass is 335 g/mol. The summed E-state index contributed by atoms with van der Waals surface area (Å²) < 4.78 is 5.82. The van der Waals surface area contributed by atoms with Gasteiger partial charge < -0.3 is 10.1 Å². The second-order valence-electron chi connectivity index (χ2n) is 4.57. The number of nitrogens with one attached hydrogen (secondary N) is 1. The summed E-state index contributed by atoms with van der Waals surface area (Å²) in [6.07, 6.45) is 10.5. The maximum atomic E-state index is 11.6. The number of anilines is 1. The van der Waals surface area contributed by atoms with Crippen LogP contribution >= 0.6 is 15.9 Å². The third-order valence-electron chi connectivity index (χ3n) is 2.90. The molecular weight excluding hydrogens is 318 g/mol. The summed E-state index contributed by atoms with van der Waals surface area (Å²) in [4.78, 5) is 11.6. The predicted octanol–water partition coefficient (Wildman–Crippen LogP) is 4.06. The van der Waals surface area contributed by atoms with Crippen molar-refractivity contribution in [3.05, 3.63) is 48.6 Å². The number of hydrogen-bond acceptors (Lipinski definition) is 2. The van der Waals surface area contributed by atoms with E-state index in [0.29, 0.717) is 6.42 Å². The van der Waals surface area contributed by atoms with Gasteiger partial charge in [-0.25, -0.2) is 0 Å². The Morgan fingerprint density at radius 3 is 2.75 bits per heavy atom. The fourth-order valence-electron chi connectivity index (χ4n) is 1.89. The Morgan fingerprint density at radius 1 is 1.30 bits per heavy atom. The Balaban J connectivity index is 1.84. The minimum Gasteiger partial charge on any atom is -0.486 e. The summed E-state index contributed by atoms with van der Waals surface area (Å²) in [5, 5.41) is 3.71. The largest absolute Gasteiger partial charge is 0.486 e. The van der Waals surface area contributed by atoms with Gasteiger partial charge in [-0.15, -0.1) is 0 Å². The van der Waals surface area contributed by atoms with E-state index in [9.17, 15) is 4.79 Å². The van der Waals surface area contributed by atoms with Gasteiger partial charge in [0.05, 0.1) is 0 Å². The van der Waals surface area contributed by atoms with Crippen molar-refractivity contribution in [2.45, 2.75) is 25.4 Å². The van der Waals surface area contributed by atoms with Gasteiger partial charge in [-0.3, -0.25) is 4.79 Å². The lowest BCUT2D eigenvalue weighted by molar-refractivity contribution is -0.116. The standard InChI is InChI=1S/C16H18BrNO2/c17-12-4-7-16(19)18-13-8-10-15(11-9-13)20-14-5-2-1-3-6-14/h1-3,5,8-11,14H,4,6-7,12H2,(H,18,19). The summed E-state index contributed by atoms with van der Waals surface area (Å²) >= 11 is 3.31. The molecule has 106 valence electrons. The Hall–Kier alpha value is -1.55. The highest BCUT2D eigenvalue weighted by atomic mass is 79.9. The van der Waals surface area contributed by atoms with Crippen LogP contribution in [0.1, 0.15) is 19.3 Å². The molecule has 0 heterocycles. The molecule has 3 nitrogen and oxygen atoms in total. The molecule has 1 unspecified atom stereocenters. The third kappa shape index (κ3) is 4.85. The van der Waals surface area contributed by atoms with Crippen LogP contribution in [0.4, 0.5) is 5.69 Å². The normalized spacial score (nSPS) is 16.9. The molecule has 1 aliphatic carbocycles. The fraction of sp³-hybridized carbons (Fsp3) is 0.312. The SMILES string of the molecule is O=C(CCCBr)Nc1ccc(OC2C=CC=CC2)cc1. The minimum atomic E-state index is 0.0402. The number of halogens is 1. The molecule has 0 spiro atoms. The zero-order valence-corrected chi connectivity index (χ0v) is 12.8. The van der Waals surface area contributed by atoms with Crippen LogP contribution in [0.5, 0.6) is 5.75 Å². The van der Waals surface area contributed by atoms with Crippen LogP contribution in [-0.4, -0.2) is 17.3 Å². The molecule has 1 aliphatic rings. The first-order valence-corrected chi connectivity index (χ1v) is 7.86. The minimum absolute atomic E-state index is 0.0402. The lowest BCUT2D eigenvalue weighted by Crippen LogP contribution is -2.14. The Kier molecular flexibility index (Phi) is 5.87. The Bertz CT molecular complexity index is 494. The van der Waals surface area contributed by atoms with Crippen molar-refractivity contribution in [1.82, 2.24) is 0 Å². The van der Waals surface area contributed by atoms with Crippen molar-refractivity contribution < 1.29 is 9.53 Å². The average molecular weight is 336 g/mol. The van der Waals surface area contributed by atoms with Gasteiger partial charge in [0, 0.05) is 23.9 Å². The molecular formula is C16H18BrNO2. The second kappa shape index (κ2) is 7.90. The van der Waals surface area contributed by atoms with Crippen molar-refractivity contribution in [3.63, 3.8) is 0 Å². The molecule has 1 atom stereocenters. The fourth-order valence-corrected chi connectivity index (χ4v) is 2.17. The highest BCUT2D eigenvalue weighted by Gasteiger charge is 2.07. The number of hydrogen-bond donors (Lipinski definition) is 1. The van der Waals surface area contributed by atoms with E-state index >= 15 is 0 Å². The number of alkyl halides is 1. The molecule has 1 aromatic carbocycles. The molecule has 4 heteroatoms. The van der Waals surface area contributed by atoms with Gasteiger partial charge >= 0.3 is 0 Å². The van der Waals surface area contributed by atoms with Crippen LogP contribution in [0, 0.1) is 0 Å². The molecule has 2 rings (SSSR count). The number of allylic oxidation sites excluding steroid dienone is 2. The van der Waals surface area contributed by atoms with E-state index in [1.54, 1.807) is 0 Å². The van der Waals surface area contributed by atoms with E-state index in [4.69, 9.17) is 4.74 Å². The van der Waals surface area contributed by atoms with E-state index < -0.39 is 0 Å². The molecule has 1 N–H and O–H groups in total. The number of carbonyl (C=O) groups excluding carboxylic acids is 1. The number of benzene rings is 1. The number of ether oxygens (including phenoxy) is 1. The van der Waals surface area contributed by atoms with Gasteiger partial charge in [0.2, 0.25) is 5.91 Å². The quantitative estimate of drug-likeness (QED) is 0.796.